The molecule has 1 aliphatic rings. The molecule has 28 heavy (non-hydrogen) atoms. The van der Waals surface area contributed by atoms with Crippen molar-refractivity contribution in [3.8, 4) is 0 Å². The maximum atomic E-state index is 5.98. The zero-order valence-electron chi connectivity index (χ0n) is 18.1. The first kappa shape index (κ1) is 25.2. The Labute approximate surface area is 188 Å². The normalized spacial score (nSPS) is 19.9. The highest BCUT2D eigenvalue weighted by molar-refractivity contribution is 14.0. The standard InChI is InChI=1S/C22H38N4O.HI/c1-17(2)26(18(3)4)14-9-13-24-22(23-5)25-16-20-12-15-27-21(20)19-10-7-6-8-11-19;/h6-8,10-11,17-18,20-21H,9,12-16H2,1-5H3,(H2,23,24,25);1H. The van der Waals surface area contributed by atoms with Gasteiger partial charge in [0.1, 0.15) is 0 Å². The molecule has 1 saturated heterocycles. The van der Waals surface area contributed by atoms with E-state index in [0.29, 0.717) is 18.0 Å². The van der Waals surface area contributed by atoms with Gasteiger partial charge in [0.15, 0.2) is 5.96 Å². The molecule has 1 aromatic carbocycles. The van der Waals surface area contributed by atoms with E-state index < -0.39 is 0 Å². The zero-order valence-corrected chi connectivity index (χ0v) is 20.5. The Morgan fingerprint density at radius 3 is 2.43 bits per heavy atom. The monoisotopic (exact) mass is 502 g/mol. The molecule has 2 atom stereocenters. The summed E-state index contributed by atoms with van der Waals surface area (Å²) in [5.74, 6) is 1.36. The van der Waals surface area contributed by atoms with Crippen LogP contribution in [0.4, 0.5) is 0 Å². The van der Waals surface area contributed by atoms with Crippen LogP contribution in [-0.4, -0.2) is 56.2 Å². The first-order chi connectivity index (χ1) is 13.0. The molecule has 0 radical (unpaired) electrons. The van der Waals surface area contributed by atoms with E-state index in [0.717, 1.165) is 45.0 Å². The maximum Gasteiger partial charge on any atom is 0.190 e. The summed E-state index contributed by atoms with van der Waals surface area (Å²) in [6.45, 7) is 12.8. The molecule has 1 aliphatic heterocycles. The van der Waals surface area contributed by atoms with Gasteiger partial charge in [-0.1, -0.05) is 30.3 Å². The zero-order chi connectivity index (χ0) is 19.6. The summed E-state index contributed by atoms with van der Waals surface area (Å²) >= 11 is 0. The van der Waals surface area contributed by atoms with Crippen LogP contribution in [0.15, 0.2) is 35.3 Å². The minimum absolute atomic E-state index is 0. The molecular formula is C22H39IN4O. The summed E-state index contributed by atoms with van der Waals surface area (Å²) in [5, 5.41) is 6.94. The average Bonchev–Trinajstić information content (AvgIpc) is 3.12. The van der Waals surface area contributed by atoms with Gasteiger partial charge in [0, 0.05) is 51.3 Å². The summed E-state index contributed by atoms with van der Waals surface area (Å²) in [7, 11) is 1.84. The Morgan fingerprint density at radius 1 is 1.14 bits per heavy atom. The minimum Gasteiger partial charge on any atom is -0.373 e. The van der Waals surface area contributed by atoms with Gasteiger partial charge in [-0.25, -0.2) is 0 Å². The van der Waals surface area contributed by atoms with Crippen molar-refractivity contribution in [1.82, 2.24) is 15.5 Å². The summed E-state index contributed by atoms with van der Waals surface area (Å²) in [5.41, 5.74) is 1.27. The molecule has 2 N–H and O–H groups in total. The Morgan fingerprint density at radius 2 is 1.82 bits per heavy atom. The van der Waals surface area contributed by atoms with Crippen LogP contribution in [0, 0.1) is 5.92 Å². The molecule has 2 unspecified atom stereocenters. The fourth-order valence-corrected chi connectivity index (χ4v) is 3.88. The fraction of sp³-hybridized carbons (Fsp3) is 0.682. The lowest BCUT2D eigenvalue weighted by atomic mass is 9.95. The second-order valence-corrected chi connectivity index (χ2v) is 7.91. The van der Waals surface area contributed by atoms with Crippen LogP contribution in [0.5, 0.6) is 0 Å². The van der Waals surface area contributed by atoms with E-state index in [4.69, 9.17) is 4.74 Å². The van der Waals surface area contributed by atoms with E-state index in [1.165, 1.54) is 5.56 Å². The number of benzene rings is 1. The Hall–Kier alpha value is -0.860. The van der Waals surface area contributed by atoms with Crippen molar-refractivity contribution in [3.05, 3.63) is 35.9 Å². The number of hydrogen-bond acceptors (Lipinski definition) is 3. The van der Waals surface area contributed by atoms with E-state index in [2.05, 4.69) is 78.6 Å². The van der Waals surface area contributed by atoms with Crippen molar-refractivity contribution in [1.29, 1.82) is 0 Å². The predicted molar refractivity (Wildman–Crippen MR) is 130 cm³/mol. The van der Waals surface area contributed by atoms with Crippen LogP contribution in [0.25, 0.3) is 0 Å². The number of nitrogens with zero attached hydrogens (tertiary/aromatic N) is 2. The van der Waals surface area contributed by atoms with E-state index in [1.54, 1.807) is 0 Å². The number of halogens is 1. The van der Waals surface area contributed by atoms with Crippen molar-refractivity contribution in [2.24, 2.45) is 10.9 Å². The molecule has 0 aromatic heterocycles. The quantitative estimate of drug-likeness (QED) is 0.232. The summed E-state index contributed by atoms with van der Waals surface area (Å²) < 4.78 is 5.98. The summed E-state index contributed by atoms with van der Waals surface area (Å²) in [6.07, 6.45) is 2.37. The molecular weight excluding hydrogens is 463 g/mol. The van der Waals surface area contributed by atoms with Crippen LogP contribution >= 0.6 is 24.0 Å². The second kappa shape index (κ2) is 13.4. The van der Waals surface area contributed by atoms with Gasteiger partial charge in [0.25, 0.3) is 0 Å². The Balaban J connectivity index is 0.00000392. The number of guanidine groups is 1. The highest BCUT2D eigenvalue weighted by Gasteiger charge is 2.29. The molecule has 0 saturated carbocycles. The van der Waals surface area contributed by atoms with Crippen molar-refractivity contribution >= 4 is 29.9 Å². The van der Waals surface area contributed by atoms with Gasteiger partial charge in [-0.3, -0.25) is 9.89 Å². The number of nitrogens with one attached hydrogen (secondary N) is 2. The number of hydrogen-bond donors (Lipinski definition) is 2. The minimum atomic E-state index is 0. The smallest absolute Gasteiger partial charge is 0.190 e. The van der Waals surface area contributed by atoms with Crippen LogP contribution in [0.1, 0.15) is 52.2 Å². The largest absolute Gasteiger partial charge is 0.373 e. The highest BCUT2D eigenvalue weighted by atomic mass is 127. The van der Waals surface area contributed by atoms with E-state index in [1.807, 2.05) is 7.05 Å². The number of ether oxygens (including phenoxy) is 1. The van der Waals surface area contributed by atoms with Crippen LogP contribution in [0.2, 0.25) is 0 Å². The molecule has 5 nitrogen and oxygen atoms in total. The number of aliphatic imine (C=N–C) groups is 1. The molecule has 0 bridgehead atoms. The maximum absolute atomic E-state index is 5.98. The lowest BCUT2D eigenvalue weighted by Gasteiger charge is -2.30. The molecule has 6 heteroatoms. The van der Waals surface area contributed by atoms with Gasteiger partial charge < -0.3 is 15.4 Å². The van der Waals surface area contributed by atoms with Gasteiger partial charge in [0.05, 0.1) is 6.10 Å². The molecule has 1 heterocycles. The second-order valence-electron chi connectivity index (χ2n) is 7.91. The molecule has 2 rings (SSSR count). The lowest BCUT2D eigenvalue weighted by Crippen LogP contribution is -2.42. The Bertz CT molecular complexity index is 557. The first-order valence-electron chi connectivity index (χ1n) is 10.4. The fourth-order valence-electron chi connectivity index (χ4n) is 3.88. The van der Waals surface area contributed by atoms with Crippen molar-refractivity contribution in [2.75, 3.05) is 33.3 Å². The van der Waals surface area contributed by atoms with Gasteiger partial charge in [-0.15, -0.1) is 24.0 Å². The third kappa shape index (κ3) is 7.87. The Kier molecular flexibility index (Phi) is 12.0. The van der Waals surface area contributed by atoms with Crippen LogP contribution in [0.3, 0.4) is 0 Å². The van der Waals surface area contributed by atoms with Crippen molar-refractivity contribution in [2.45, 2.75) is 58.7 Å². The summed E-state index contributed by atoms with van der Waals surface area (Å²) in [4.78, 5) is 6.90. The molecule has 1 fully saturated rings. The van der Waals surface area contributed by atoms with Gasteiger partial charge in [-0.05, 0) is 46.1 Å². The van der Waals surface area contributed by atoms with Crippen molar-refractivity contribution in [3.63, 3.8) is 0 Å². The third-order valence-electron chi connectivity index (χ3n) is 5.31. The van der Waals surface area contributed by atoms with E-state index >= 15 is 0 Å². The summed E-state index contributed by atoms with van der Waals surface area (Å²) in [6, 6.07) is 11.7. The molecule has 0 amide bonds. The molecule has 0 spiro atoms. The molecule has 0 aliphatic carbocycles. The molecule has 160 valence electrons. The van der Waals surface area contributed by atoms with Crippen LogP contribution < -0.4 is 10.6 Å². The van der Waals surface area contributed by atoms with Gasteiger partial charge >= 0.3 is 0 Å². The topological polar surface area (TPSA) is 48.9 Å². The first-order valence-corrected chi connectivity index (χ1v) is 10.4. The van der Waals surface area contributed by atoms with Gasteiger partial charge in [0.2, 0.25) is 0 Å². The SMILES string of the molecule is CN=C(NCCCN(C(C)C)C(C)C)NCC1CCOC1c1ccccc1.I. The van der Waals surface area contributed by atoms with Crippen molar-refractivity contribution < 1.29 is 4.74 Å². The molecule has 1 aromatic rings. The highest BCUT2D eigenvalue weighted by Crippen LogP contribution is 2.33. The third-order valence-corrected chi connectivity index (χ3v) is 5.31. The lowest BCUT2D eigenvalue weighted by molar-refractivity contribution is 0.0915. The van der Waals surface area contributed by atoms with E-state index in [-0.39, 0.29) is 30.1 Å². The van der Waals surface area contributed by atoms with Crippen LogP contribution in [-0.2, 0) is 4.74 Å². The predicted octanol–water partition coefficient (Wildman–Crippen LogP) is 4.06. The number of rotatable bonds is 9. The average molecular weight is 502 g/mol. The van der Waals surface area contributed by atoms with Gasteiger partial charge in [-0.2, -0.15) is 0 Å². The van der Waals surface area contributed by atoms with E-state index in [9.17, 15) is 0 Å².